The summed E-state index contributed by atoms with van der Waals surface area (Å²) >= 11 is 0. The minimum Gasteiger partial charge on any atom is -0.383 e. The predicted molar refractivity (Wildman–Crippen MR) is 101 cm³/mol. The molecule has 26 heavy (non-hydrogen) atoms. The van der Waals surface area contributed by atoms with Crippen molar-refractivity contribution in [1.29, 1.82) is 0 Å². The third-order valence-corrected chi connectivity index (χ3v) is 4.74. The highest BCUT2D eigenvalue weighted by atomic mass is 15.2. The highest BCUT2D eigenvalue weighted by Gasteiger charge is 2.25. The summed E-state index contributed by atoms with van der Waals surface area (Å²) in [7, 11) is 0. The number of nitrogens with two attached hydrogens (primary N) is 2. The third kappa shape index (κ3) is 3.44. The van der Waals surface area contributed by atoms with Gasteiger partial charge in [0.25, 0.3) is 0 Å². The number of rotatable bonds is 4. The third-order valence-electron chi connectivity index (χ3n) is 4.74. The summed E-state index contributed by atoms with van der Waals surface area (Å²) in [5.41, 5.74) is 12.5. The van der Waals surface area contributed by atoms with Crippen LogP contribution in [0, 0.1) is 0 Å². The van der Waals surface area contributed by atoms with E-state index >= 15 is 0 Å². The van der Waals surface area contributed by atoms with Gasteiger partial charge in [-0.1, -0.05) is 6.07 Å². The van der Waals surface area contributed by atoms with E-state index in [1.807, 2.05) is 36.8 Å². The van der Waals surface area contributed by atoms with Crippen molar-refractivity contribution in [1.82, 2.24) is 24.5 Å². The van der Waals surface area contributed by atoms with E-state index in [2.05, 4.69) is 29.4 Å². The molecule has 8 heteroatoms. The van der Waals surface area contributed by atoms with Gasteiger partial charge < -0.3 is 20.9 Å². The summed E-state index contributed by atoms with van der Waals surface area (Å²) in [4.78, 5) is 19.5. The van der Waals surface area contributed by atoms with Crippen molar-refractivity contribution in [2.45, 2.75) is 25.3 Å². The van der Waals surface area contributed by atoms with Gasteiger partial charge in [0.15, 0.2) is 0 Å². The predicted octanol–water partition coefficient (Wildman–Crippen LogP) is 1.66. The number of aromatic nitrogens is 5. The first kappa shape index (κ1) is 16.3. The van der Waals surface area contributed by atoms with Gasteiger partial charge >= 0.3 is 0 Å². The summed E-state index contributed by atoms with van der Waals surface area (Å²) < 4.78 is 2.20. The Morgan fingerprint density at radius 3 is 2.62 bits per heavy atom. The molecule has 0 radical (unpaired) electrons. The van der Waals surface area contributed by atoms with Crippen LogP contribution in [-0.4, -0.2) is 37.6 Å². The first-order valence-electron chi connectivity index (χ1n) is 8.75. The second-order valence-corrected chi connectivity index (χ2v) is 6.50. The largest absolute Gasteiger partial charge is 0.383 e. The number of pyridine rings is 1. The molecule has 3 aromatic rings. The van der Waals surface area contributed by atoms with Crippen LogP contribution in [0.2, 0.25) is 0 Å². The van der Waals surface area contributed by atoms with Gasteiger partial charge in [-0.2, -0.15) is 9.97 Å². The van der Waals surface area contributed by atoms with Gasteiger partial charge in [-0.3, -0.25) is 4.98 Å². The second-order valence-electron chi connectivity index (χ2n) is 6.50. The number of imidazole rings is 1. The van der Waals surface area contributed by atoms with Gasteiger partial charge in [0.2, 0.25) is 5.95 Å². The Labute approximate surface area is 151 Å². The number of anilines is 3. The van der Waals surface area contributed by atoms with Crippen LogP contribution in [0.1, 0.15) is 30.3 Å². The van der Waals surface area contributed by atoms with E-state index in [0.717, 1.165) is 49.8 Å². The topological polar surface area (TPSA) is 112 Å². The average molecular weight is 350 g/mol. The van der Waals surface area contributed by atoms with Crippen molar-refractivity contribution in [3.05, 3.63) is 54.4 Å². The van der Waals surface area contributed by atoms with Crippen LogP contribution in [0.5, 0.6) is 0 Å². The molecule has 8 nitrogen and oxygen atoms in total. The lowest BCUT2D eigenvalue weighted by molar-refractivity contribution is 0.468. The Bertz CT molecular complexity index is 848. The SMILES string of the molecule is Nc1cc(N2CCC(c3nccn3Cc3ccccn3)CC2)nc(N)n1. The van der Waals surface area contributed by atoms with E-state index in [-0.39, 0.29) is 5.95 Å². The van der Waals surface area contributed by atoms with Crippen molar-refractivity contribution < 1.29 is 0 Å². The minimum atomic E-state index is 0.216. The fraction of sp³-hybridized carbons (Fsp3) is 0.333. The van der Waals surface area contributed by atoms with Gasteiger partial charge in [0, 0.05) is 43.7 Å². The van der Waals surface area contributed by atoms with Gasteiger partial charge in [0.1, 0.15) is 17.5 Å². The monoisotopic (exact) mass is 350 g/mol. The molecule has 4 rings (SSSR count). The van der Waals surface area contributed by atoms with Crippen LogP contribution >= 0.6 is 0 Å². The van der Waals surface area contributed by atoms with Crippen molar-refractivity contribution in [2.75, 3.05) is 29.5 Å². The van der Waals surface area contributed by atoms with Crippen LogP contribution in [0.3, 0.4) is 0 Å². The molecule has 0 atom stereocenters. The molecule has 1 saturated heterocycles. The van der Waals surface area contributed by atoms with Gasteiger partial charge in [0.05, 0.1) is 12.2 Å². The van der Waals surface area contributed by atoms with Gasteiger partial charge in [-0.05, 0) is 25.0 Å². The normalized spacial score (nSPS) is 15.3. The average Bonchev–Trinajstić information content (AvgIpc) is 3.10. The summed E-state index contributed by atoms with van der Waals surface area (Å²) in [5.74, 6) is 2.96. The quantitative estimate of drug-likeness (QED) is 0.736. The summed E-state index contributed by atoms with van der Waals surface area (Å²) in [6.45, 7) is 2.52. The van der Waals surface area contributed by atoms with Crippen LogP contribution in [0.4, 0.5) is 17.6 Å². The Hall–Kier alpha value is -3.16. The molecule has 0 bridgehead atoms. The molecule has 0 aromatic carbocycles. The smallest absolute Gasteiger partial charge is 0.223 e. The van der Waals surface area contributed by atoms with E-state index in [9.17, 15) is 0 Å². The number of piperidine rings is 1. The van der Waals surface area contributed by atoms with Gasteiger partial charge in [-0.15, -0.1) is 0 Å². The molecule has 4 N–H and O–H groups in total. The van der Waals surface area contributed by atoms with E-state index in [1.165, 1.54) is 0 Å². The lowest BCUT2D eigenvalue weighted by atomic mass is 9.96. The fourth-order valence-electron chi connectivity index (χ4n) is 3.48. The molecular formula is C18H22N8. The number of hydrogen-bond donors (Lipinski definition) is 2. The molecule has 134 valence electrons. The Morgan fingerprint density at radius 2 is 1.88 bits per heavy atom. The fourth-order valence-corrected chi connectivity index (χ4v) is 3.48. The zero-order valence-electron chi connectivity index (χ0n) is 14.5. The summed E-state index contributed by atoms with van der Waals surface area (Å²) in [6, 6.07) is 7.76. The molecule has 0 unspecified atom stereocenters. The molecular weight excluding hydrogens is 328 g/mol. The molecule has 4 heterocycles. The molecule has 0 aliphatic carbocycles. The standard InChI is InChI=1S/C18H22N8/c19-15-11-16(24-18(20)23-15)25-8-4-13(5-9-25)17-22-7-10-26(17)12-14-3-1-2-6-21-14/h1-3,6-7,10-11,13H,4-5,8-9,12H2,(H4,19,20,23,24). The van der Waals surface area contributed by atoms with Crippen LogP contribution < -0.4 is 16.4 Å². The van der Waals surface area contributed by atoms with E-state index < -0.39 is 0 Å². The van der Waals surface area contributed by atoms with E-state index in [1.54, 1.807) is 6.07 Å². The Kier molecular flexibility index (Phi) is 4.39. The molecule has 0 amide bonds. The molecule has 1 aliphatic rings. The maximum atomic E-state index is 5.79. The Morgan fingerprint density at radius 1 is 1.04 bits per heavy atom. The van der Waals surface area contributed by atoms with E-state index in [0.29, 0.717) is 11.7 Å². The van der Waals surface area contributed by atoms with E-state index in [4.69, 9.17) is 11.5 Å². The zero-order valence-corrected chi connectivity index (χ0v) is 14.5. The number of hydrogen-bond acceptors (Lipinski definition) is 7. The summed E-state index contributed by atoms with van der Waals surface area (Å²) in [5, 5.41) is 0. The second kappa shape index (κ2) is 6.99. The van der Waals surface area contributed by atoms with Crippen molar-refractivity contribution in [3.8, 4) is 0 Å². The maximum Gasteiger partial charge on any atom is 0.223 e. The lowest BCUT2D eigenvalue weighted by Crippen LogP contribution is -2.34. The Balaban J connectivity index is 1.45. The summed E-state index contributed by atoms with van der Waals surface area (Å²) in [6.07, 6.45) is 7.73. The lowest BCUT2D eigenvalue weighted by Gasteiger charge is -2.32. The van der Waals surface area contributed by atoms with Crippen molar-refractivity contribution in [3.63, 3.8) is 0 Å². The highest BCUT2D eigenvalue weighted by Crippen LogP contribution is 2.29. The molecule has 0 spiro atoms. The van der Waals surface area contributed by atoms with Gasteiger partial charge in [-0.25, -0.2) is 4.98 Å². The van der Waals surface area contributed by atoms with Crippen molar-refractivity contribution in [2.24, 2.45) is 0 Å². The number of nitrogens with zero attached hydrogens (tertiary/aromatic N) is 6. The van der Waals surface area contributed by atoms with Crippen LogP contribution in [0.25, 0.3) is 0 Å². The first-order valence-corrected chi connectivity index (χ1v) is 8.75. The highest BCUT2D eigenvalue weighted by molar-refractivity contribution is 5.50. The van der Waals surface area contributed by atoms with Crippen LogP contribution in [-0.2, 0) is 6.54 Å². The first-order chi connectivity index (χ1) is 12.7. The minimum absolute atomic E-state index is 0.216. The van der Waals surface area contributed by atoms with Crippen LogP contribution in [0.15, 0.2) is 42.9 Å². The maximum absolute atomic E-state index is 5.79. The molecule has 3 aromatic heterocycles. The van der Waals surface area contributed by atoms with Crippen molar-refractivity contribution >= 4 is 17.6 Å². The zero-order chi connectivity index (χ0) is 17.9. The number of nitrogen functional groups attached to an aromatic ring is 2. The molecule has 0 saturated carbocycles. The molecule has 1 fully saturated rings. The molecule has 1 aliphatic heterocycles.